The first kappa shape index (κ1) is 15.8. The van der Waals surface area contributed by atoms with Crippen molar-refractivity contribution in [2.24, 2.45) is 0 Å². The topological polar surface area (TPSA) is 49.8 Å². The highest BCUT2D eigenvalue weighted by Gasteiger charge is 2.21. The van der Waals surface area contributed by atoms with Gasteiger partial charge in [0.2, 0.25) is 0 Å². The highest BCUT2D eigenvalue weighted by molar-refractivity contribution is 6.32. The zero-order valence-electron chi connectivity index (χ0n) is 11.3. The molecule has 0 aliphatic rings. The van der Waals surface area contributed by atoms with E-state index in [1.54, 1.807) is 30.0 Å². The van der Waals surface area contributed by atoms with E-state index in [4.69, 9.17) is 21.4 Å². The molecule has 1 rings (SSSR count). The summed E-state index contributed by atoms with van der Waals surface area (Å²) < 4.78 is 5.58. The number of carbonyl (C=O) groups excluding carboxylic acids is 1. The van der Waals surface area contributed by atoms with Crippen LogP contribution in [0.2, 0.25) is 5.02 Å². The molecule has 1 aromatic rings. The first-order valence-electron chi connectivity index (χ1n) is 6.41. The molecule has 1 atom stereocenters. The van der Waals surface area contributed by atoms with Gasteiger partial charge in [-0.2, -0.15) is 0 Å². The van der Waals surface area contributed by atoms with Gasteiger partial charge in [-0.1, -0.05) is 23.7 Å². The van der Waals surface area contributed by atoms with E-state index in [1.807, 2.05) is 13.0 Å². The summed E-state index contributed by atoms with van der Waals surface area (Å²) >= 11 is 5.99. The van der Waals surface area contributed by atoms with Gasteiger partial charge in [-0.15, -0.1) is 0 Å². The van der Waals surface area contributed by atoms with Crippen molar-refractivity contribution in [1.82, 2.24) is 4.90 Å². The standard InChI is InChI=1S/C14H20ClNO3/c1-3-16(9-6-10-17)14(18)11(2)19-13-8-5-4-7-12(13)15/h4-5,7-8,11,17H,3,6,9-10H2,1-2H3. The van der Waals surface area contributed by atoms with Crippen LogP contribution in [-0.4, -0.2) is 41.7 Å². The summed E-state index contributed by atoms with van der Waals surface area (Å²) in [5, 5.41) is 9.30. The smallest absolute Gasteiger partial charge is 0.263 e. The first-order chi connectivity index (χ1) is 9.10. The van der Waals surface area contributed by atoms with E-state index < -0.39 is 6.10 Å². The molecule has 0 bridgehead atoms. The third kappa shape index (κ3) is 4.73. The van der Waals surface area contributed by atoms with Crippen molar-refractivity contribution < 1.29 is 14.6 Å². The maximum atomic E-state index is 12.2. The molecule has 1 N–H and O–H groups in total. The Balaban J connectivity index is 2.63. The van der Waals surface area contributed by atoms with Crippen LogP contribution in [0.25, 0.3) is 0 Å². The van der Waals surface area contributed by atoms with E-state index in [-0.39, 0.29) is 12.5 Å². The summed E-state index contributed by atoms with van der Waals surface area (Å²) in [4.78, 5) is 13.8. The Bertz CT molecular complexity index is 411. The minimum Gasteiger partial charge on any atom is -0.479 e. The number of ether oxygens (including phenoxy) is 1. The van der Waals surface area contributed by atoms with E-state index in [1.165, 1.54) is 0 Å². The van der Waals surface area contributed by atoms with Crippen LogP contribution in [0, 0.1) is 0 Å². The third-order valence-electron chi connectivity index (χ3n) is 2.77. The Kier molecular flexibility index (Phi) is 6.67. The second-order valence-corrected chi connectivity index (χ2v) is 4.59. The van der Waals surface area contributed by atoms with Gasteiger partial charge in [0, 0.05) is 19.7 Å². The predicted octanol–water partition coefficient (Wildman–Crippen LogP) is 2.34. The largest absolute Gasteiger partial charge is 0.479 e. The van der Waals surface area contributed by atoms with Crippen LogP contribution >= 0.6 is 11.6 Å². The van der Waals surface area contributed by atoms with Gasteiger partial charge in [-0.3, -0.25) is 4.79 Å². The lowest BCUT2D eigenvalue weighted by molar-refractivity contribution is -0.137. The first-order valence-corrected chi connectivity index (χ1v) is 6.78. The summed E-state index contributed by atoms with van der Waals surface area (Å²) in [5.41, 5.74) is 0. The van der Waals surface area contributed by atoms with Crippen LogP contribution < -0.4 is 4.74 Å². The number of rotatable bonds is 7. The number of para-hydroxylation sites is 1. The van der Waals surface area contributed by atoms with Crippen molar-refractivity contribution in [3.63, 3.8) is 0 Å². The van der Waals surface area contributed by atoms with Crippen molar-refractivity contribution in [3.05, 3.63) is 29.3 Å². The lowest BCUT2D eigenvalue weighted by atomic mass is 10.3. The van der Waals surface area contributed by atoms with E-state index in [0.717, 1.165) is 0 Å². The van der Waals surface area contributed by atoms with Crippen LogP contribution in [0.3, 0.4) is 0 Å². The zero-order chi connectivity index (χ0) is 14.3. The van der Waals surface area contributed by atoms with Crippen molar-refractivity contribution in [3.8, 4) is 5.75 Å². The molecule has 0 radical (unpaired) electrons. The number of aliphatic hydroxyl groups is 1. The van der Waals surface area contributed by atoms with Crippen molar-refractivity contribution in [1.29, 1.82) is 0 Å². The lowest BCUT2D eigenvalue weighted by Crippen LogP contribution is -2.41. The third-order valence-corrected chi connectivity index (χ3v) is 3.08. The van der Waals surface area contributed by atoms with Crippen LogP contribution in [0.5, 0.6) is 5.75 Å². The Morgan fingerprint density at radius 1 is 1.47 bits per heavy atom. The molecule has 1 unspecified atom stereocenters. The van der Waals surface area contributed by atoms with Gasteiger partial charge < -0.3 is 14.7 Å². The Morgan fingerprint density at radius 3 is 2.74 bits per heavy atom. The van der Waals surface area contributed by atoms with E-state index >= 15 is 0 Å². The molecule has 1 aromatic carbocycles. The van der Waals surface area contributed by atoms with Crippen LogP contribution in [0.15, 0.2) is 24.3 Å². The fourth-order valence-corrected chi connectivity index (χ4v) is 1.90. The molecule has 0 aromatic heterocycles. The van der Waals surface area contributed by atoms with Gasteiger partial charge in [0.25, 0.3) is 5.91 Å². The molecular formula is C14H20ClNO3. The number of nitrogens with zero attached hydrogens (tertiary/aromatic N) is 1. The summed E-state index contributed by atoms with van der Waals surface area (Å²) in [6.07, 6.45) is -0.0307. The lowest BCUT2D eigenvalue weighted by Gasteiger charge is -2.24. The maximum absolute atomic E-state index is 12.2. The van der Waals surface area contributed by atoms with E-state index in [9.17, 15) is 4.79 Å². The molecular weight excluding hydrogens is 266 g/mol. The van der Waals surface area contributed by atoms with Crippen molar-refractivity contribution in [2.75, 3.05) is 19.7 Å². The van der Waals surface area contributed by atoms with E-state index in [0.29, 0.717) is 30.3 Å². The number of likely N-dealkylation sites (N-methyl/N-ethyl adjacent to an activating group) is 1. The number of halogens is 1. The summed E-state index contributed by atoms with van der Waals surface area (Å²) in [6, 6.07) is 7.07. The predicted molar refractivity (Wildman–Crippen MR) is 75.5 cm³/mol. The molecule has 0 saturated heterocycles. The van der Waals surface area contributed by atoms with Crippen LogP contribution in [0.4, 0.5) is 0 Å². The second kappa shape index (κ2) is 8.02. The molecule has 0 spiro atoms. The fraction of sp³-hybridized carbons (Fsp3) is 0.500. The van der Waals surface area contributed by atoms with Gasteiger partial charge in [0.05, 0.1) is 5.02 Å². The molecule has 0 aliphatic carbocycles. The molecule has 5 heteroatoms. The summed E-state index contributed by atoms with van der Waals surface area (Å²) in [5.74, 6) is 0.402. The molecule has 19 heavy (non-hydrogen) atoms. The number of carbonyl (C=O) groups is 1. The molecule has 0 fully saturated rings. The minimum atomic E-state index is -0.599. The van der Waals surface area contributed by atoms with Gasteiger partial charge in [0.1, 0.15) is 5.75 Å². The molecule has 0 heterocycles. The molecule has 4 nitrogen and oxygen atoms in total. The highest BCUT2D eigenvalue weighted by atomic mass is 35.5. The molecule has 0 aliphatic heterocycles. The zero-order valence-corrected chi connectivity index (χ0v) is 12.1. The number of benzene rings is 1. The van der Waals surface area contributed by atoms with Gasteiger partial charge in [0.15, 0.2) is 6.10 Å². The van der Waals surface area contributed by atoms with Crippen molar-refractivity contribution >= 4 is 17.5 Å². The average Bonchev–Trinajstić information content (AvgIpc) is 2.42. The number of aliphatic hydroxyl groups excluding tert-OH is 1. The van der Waals surface area contributed by atoms with Crippen LogP contribution in [-0.2, 0) is 4.79 Å². The van der Waals surface area contributed by atoms with Gasteiger partial charge in [-0.05, 0) is 32.4 Å². The Morgan fingerprint density at radius 2 is 2.16 bits per heavy atom. The van der Waals surface area contributed by atoms with Gasteiger partial charge >= 0.3 is 0 Å². The van der Waals surface area contributed by atoms with Crippen molar-refractivity contribution in [2.45, 2.75) is 26.4 Å². The van der Waals surface area contributed by atoms with Gasteiger partial charge in [-0.25, -0.2) is 0 Å². The van der Waals surface area contributed by atoms with Crippen LogP contribution in [0.1, 0.15) is 20.3 Å². The average molecular weight is 286 g/mol. The fourth-order valence-electron chi connectivity index (χ4n) is 1.72. The quantitative estimate of drug-likeness (QED) is 0.836. The SMILES string of the molecule is CCN(CCCO)C(=O)C(C)Oc1ccccc1Cl. The monoisotopic (exact) mass is 285 g/mol. The molecule has 106 valence electrons. The maximum Gasteiger partial charge on any atom is 0.263 e. The second-order valence-electron chi connectivity index (χ2n) is 4.19. The van der Waals surface area contributed by atoms with E-state index in [2.05, 4.69) is 0 Å². The number of amides is 1. The normalized spacial score (nSPS) is 12.0. The highest BCUT2D eigenvalue weighted by Crippen LogP contribution is 2.24. The number of hydrogen-bond donors (Lipinski definition) is 1. The minimum absolute atomic E-state index is 0.0729. The number of hydrogen-bond acceptors (Lipinski definition) is 3. The Hall–Kier alpha value is -1.26. The molecule has 0 saturated carbocycles. The summed E-state index contributed by atoms with van der Waals surface area (Å²) in [7, 11) is 0. The summed E-state index contributed by atoms with van der Waals surface area (Å²) in [6.45, 7) is 4.80. The molecule has 1 amide bonds. The Labute approximate surface area is 118 Å².